The molecule has 0 radical (unpaired) electrons. The Morgan fingerprint density at radius 1 is 1.41 bits per heavy atom. The van der Waals surface area contributed by atoms with E-state index in [1.807, 2.05) is 13.8 Å². The quantitative estimate of drug-likeness (QED) is 0.303. The SMILES string of the molecule is CCn1n[n+](CC)cc1[N+](=O)[O-].[O-][Cl+3]([O-])([O-])[O-]. The van der Waals surface area contributed by atoms with Crippen molar-refractivity contribution < 1.29 is 38.5 Å². The van der Waals surface area contributed by atoms with Gasteiger partial charge in [-0.3, -0.25) is 0 Å². The first kappa shape index (κ1) is 15.7. The number of hydrogen-bond acceptors (Lipinski definition) is 7. The lowest BCUT2D eigenvalue weighted by Gasteiger charge is -2.17. The van der Waals surface area contributed by atoms with Gasteiger partial charge in [0.15, 0.2) is 0 Å². The predicted octanol–water partition coefficient (Wildman–Crippen LogP) is -4.64. The molecule has 0 atom stereocenters. The lowest BCUT2D eigenvalue weighted by molar-refractivity contribution is -2.00. The second kappa shape index (κ2) is 6.42. The van der Waals surface area contributed by atoms with Gasteiger partial charge in [-0.15, -0.1) is 14.9 Å². The van der Waals surface area contributed by atoms with E-state index in [1.54, 1.807) is 4.68 Å². The average Bonchev–Trinajstić information content (AvgIpc) is 2.58. The molecule has 10 nitrogen and oxygen atoms in total. The van der Waals surface area contributed by atoms with Crippen LogP contribution in [-0.4, -0.2) is 14.8 Å². The van der Waals surface area contributed by atoms with Crippen LogP contribution in [0.1, 0.15) is 13.8 Å². The Balaban J connectivity index is 0.000000437. The summed E-state index contributed by atoms with van der Waals surface area (Å²) >= 11 is 0. The van der Waals surface area contributed by atoms with Crippen LogP contribution in [0.15, 0.2) is 6.20 Å². The molecule has 0 aliphatic heterocycles. The minimum Gasteiger partial charge on any atom is -0.358 e. The average molecular weight is 271 g/mol. The van der Waals surface area contributed by atoms with Crippen molar-refractivity contribution in [2.45, 2.75) is 26.9 Å². The third-order valence-electron chi connectivity index (χ3n) is 1.56. The molecule has 0 aliphatic carbocycles. The first-order valence-electron chi connectivity index (χ1n) is 4.42. The maximum Gasteiger partial charge on any atom is 0.387 e. The number of aromatic nitrogens is 3. The summed E-state index contributed by atoms with van der Waals surface area (Å²) in [7, 11) is -4.94. The van der Waals surface area contributed by atoms with E-state index in [9.17, 15) is 10.1 Å². The van der Waals surface area contributed by atoms with Gasteiger partial charge in [-0.2, -0.15) is 0 Å². The molecule has 0 fully saturated rings. The van der Waals surface area contributed by atoms with Crippen molar-refractivity contribution in [1.29, 1.82) is 0 Å². The Morgan fingerprint density at radius 3 is 2.12 bits per heavy atom. The first-order valence-corrected chi connectivity index (χ1v) is 5.66. The van der Waals surface area contributed by atoms with Gasteiger partial charge in [0.2, 0.25) is 6.20 Å². The van der Waals surface area contributed by atoms with Crippen LogP contribution in [0.2, 0.25) is 0 Å². The number of hydrogen-bond donors (Lipinski definition) is 0. The molecule has 0 amide bonds. The molecule has 1 aromatic heterocycles. The van der Waals surface area contributed by atoms with Crippen LogP contribution in [0.3, 0.4) is 0 Å². The number of nitrogens with zero attached hydrogens (tertiary/aromatic N) is 4. The smallest absolute Gasteiger partial charge is 0.358 e. The molecule has 0 saturated carbocycles. The highest BCUT2D eigenvalue weighted by atomic mass is 35.7. The van der Waals surface area contributed by atoms with Gasteiger partial charge in [-0.05, 0) is 18.8 Å². The Morgan fingerprint density at radius 2 is 1.88 bits per heavy atom. The fraction of sp³-hybridized carbons (Fsp3) is 0.667. The van der Waals surface area contributed by atoms with Crippen LogP contribution in [0.5, 0.6) is 0 Å². The second-order valence-corrected chi connectivity index (χ2v) is 3.44. The molecule has 0 aliphatic rings. The van der Waals surface area contributed by atoms with E-state index in [0.717, 1.165) is 0 Å². The third kappa shape index (κ3) is 6.76. The first-order chi connectivity index (χ1) is 7.69. The van der Waals surface area contributed by atoms with Gasteiger partial charge in [0.1, 0.15) is 13.1 Å². The maximum atomic E-state index is 10.4. The van der Waals surface area contributed by atoms with E-state index in [1.165, 1.54) is 10.9 Å². The zero-order valence-electron chi connectivity index (χ0n) is 9.11. The van der Waals surface area contributed by atoms with Gasteiger partial charge in [0.25, 0.3) is 0 Å². The number of halogens is 1. The number of rotatable bonds is 3. The molecule has 1 rings (SSSR count). The van der Waals surface area contributed by atoms with E-state index in [4.69, 9.17) is 18.6 Å². The van der Waals surface area contributed by atoms with E-state index in [-0.39, 0.29) is 5.82 Å². The molecular weight excluding hydrogens is 260 g/mol. The van der Waals surface area contributed by atoms with E-state index in [0.29, 0.717) is 13.1 Å². The molecular formula is C6H11ClN4O6. The van der Waals surface area contributed by atoms with Gasteiger partial charge in [0, 0.05) is 0 Å². The molecule has 0 aromatic carbocycles. The van der Waals surface area contributed by atoms with Crippen molar-refractivity contribution in [1.82, 2.24) is 9.90 Å². The highest BCUT2D eigenvalue weighted by Crippen LogP contribution is 2.04. The highest BCUT2D eigenvalue weighted by molar-refractivity contribution is 5.07. The largest absolute Gasteiger partial charge is 0.387 e. The van der Waals surface area contributed by atoms with E-state index < -0.39 is 15.2 Å². The molecule has 0 unspecified atom stereocenters. The molecule has 0 saturated heterocycles. The van der Waals surface area contributed by atoms with Crippen LogP contribution in [0, 0.1) is 20.4 Å². The molecule has 1 aromatic rings. The fourth-order valence-corrected chi connectivity index (χ4v) is 0.931. The summed E-state index contributed by atoms with van der Waals surface area (Å²) in [5, 5.41) is 14.4. The van der Waals surface area contributed by atoms with Gasteiger partial charge in [0.05, 0.1) is 5.21 Å². The predicted molar refractivity (Wildman–Crippen MR) is 40.4 cm³/mol. The standard InChI is InChI=1S/C6H11N4O2.ClHO4/c1-3-8-5-6(10(11)12)9(4-2)7-8;2-1(3,4)5/h5H,3-4H2,1-2H3;(H,2,3,4,5)/q+1;/p-1. The van der Waals surface area contributed by atoms with Crippen molar-refractivity contribution in [3.63, 3.8) is 0 Å². The Labute approximate surface area is 98.2 Å². The molecule has 11 heteroatoms. The van der Waals surface area contributed by atoms with E-state index in [2.05, 4.69) is 5.21 Å². The zero-order valence-corrected chi connectivity index (χ0v) is 9.86. The van der Waals surface area contributed by atoms with Crippen molar-refractivity contribution in [2.24, 2.45) is 0 Å². The van der Waals surface area contributed by atoms with Gasteiger partial charge >= 0.3 is 5.82 Å². The summed E-state index contributed by atoms with van der Waals surface area (Å²) in [6.45, 7) is 4.87. The fourth-order valence-electron chi connectivity index (χ4n) is 0.931. The summed E-state index contributed by atoms with van der Waals surface area (Å²) in [4.78, 5) is 10.0. The lowest BCUT2D eigenvalue weighted by atomic mass is 10.6. The highest BCUT2D eigenvalue weighted by Gasteiger charge is 2.18. The third-order valence-corrected chi connectivity index (χ3v) is 1.56. The summed E-state index contributed by atoms with van der Waals surface area (Å²) in [6.07, 6.45) is 1.43. The Kier molecular flexibility index (Phi) is 5.91. The van der Waals surface area contributed by atoms with Crippen LogP contribution >= 0.6 is 0 Å². The monoisotopic (exact) mass is 270 g/mol. The molecule has 98 valence electrons. The van der Waals surface area contributed by atoms with Gasteiger partial charge < -0.3 is 10.1 Å². The van der Waals surface area contributed by atoms with Crippen molar-refractivity contribution in [2.75, 3.05) is 0 Å². The van der Waals surface area contributed by atoms with Crippen LogP contribution in [0.25, 0.3) is 0 Å². The summed E-state index contributed by atoms with van der Waals surface area (Å²) in [6, 6.07) is 0. The summed E-state index contributed by atoms with van der Waals surface area (Å²) < 4.78 is 36.9. The van der Waals surface area contributed by atoms with Gasteiger partial charge in [-0.25, -0.2) is 18.6 Å². The topological polar surface area (TPSA) is 157 Å². The second-order valence-electron chi connectivity index (χ2n) is 2.68. The number of nitro groups is 1. The van der Waals surface area contributed by atoms with Crippen LogP contribution in [-0.2, 0) is 13.1 Å². The molecule has 0 spiro atoms. The lowest BCUT2D eigenvalue weighted by Crippen LogP contribution is -2.68. The van der Waals surface area contributed by atoms with Crippen molar-refractivity contribution in [3.05, 3.63) is 16.3 Å². The van der Waals surface area contributed by atoms with Crippen LogP contribution in [0.4, 0.5) is 5.82 Å². The molecule has 17 heavy (non-hydrogen) atoms. The molecule has 0 N–H and O–H groups in total. The normalized spacial score (nSPS) is 10.7. The minimum absolute atomic E-state index is 0.0411. The van der Waals surface area contributed by atoms with Crippen LogP contribution < -0.4 is 23.3 Å². The zero-order chi connectivity index (χ0) is 13.6. The maximum absolute atomic E-state index is 10.4. The Bertz CT molecular complexity index is 369. The number of aryl methyl sites for hydroxylation is 2. The van der Waals surface area contributed by atoms with Crippen molar-refractivity contribution in [3.8, 4) is 0 Å². The Hall–Kier alpha value is -1.33. The van der Waals surface area contributed by atoms with Gasteiger partial charge in [-0.1, -0.05) is 4.68 Å². The summed E-state index contributed by atoms with van der Waals surface area (Å²) in [5.74, 6) is 0.0411. The molecule has 1 heterocycles. The van der Waals surface area contributed by atoms with E-state index >= 15 is 0 Å². The van der Waals surface area contributed by atoms with Crippen molar-refractivity contribution >= 4 is 5.82 Å². The summed E-state index contributed by atoms with van der Waals surface area (Å²) in [5.41, 5.74) is 0. The minimum atomic E-state index is -4.94. The molecule has 0 bridgehead atoms.